The fraction of sp³-hybridized carbons (Fsp3) is 0.875. The first-order valence-corrected chi connectivity index (χ1v) is 8.55. The second-order valence-electron chi connectivity index (χ2n) is 5.03. The van der Waals surface area contributed by atoms with Crippen LogP contribution in [0.15, 0.2) is 0 Å². The summed E-state index contributed by atoms with van der Waals surface area (Å²) in [6.07, 6.45) is 1.88. The van der Waals surface area contributed by atoms with Gasteiger partial charge in [-0.15, -0.1) is 0 Å². The fourth-order valence-corrected chi connectivity index (χ4v) is 1.54. The molecule has 0 aromatic carbocycles. The second-order valence-corrected chi connectivity index (χ2v) is 5.03. The van der Waals surface area contributed by atoms with Crippen LogP contribution in [0, 0.1) is 0 Å². The van der Waals surface area contributed by atoms with Crippen molar-refractivity contribution in [3.8, 4) is 0 Å². The van der Waals surface area contributed by atoms with E-state index in [0.29, 0.717) is 32.9 Å². The lowest BCUT2D eigenvalue weighted by Gasteiger charge is -2.08. The van der Waals surface area contributed by atoms with Crippen LogP contribution in [-0.4, -0.2) is 77.8 Å². The second kappa shape index (κ2) is 18.1. The van der Waals surface area contributed by atoms with Crippen molar-refractivity contribution in [1.29, 1.82) is 0 Å². The Balaban J connectivity index is 3.25. The average Bonchev–Trinajstić information content (AvgIpc) is 2.58. The summed E-state index contributed by atoms with van der Waals surface area (Å²) >= 11 is 0. The van der Waals surface area contributed by atoms with Crippen molar-refractivity contribution >= 4 is 11.8 Å². The van der Waals surface area contributed by atoms with Gasteiger partial charge in [-0.2, -0.15) is 0 Å². The highest BCUT2D eigenvalue weighted by Gasteiger charge is 2.02. The number of carbonyl (C=O) groups excluding carboxylic acids is 2. The van der Waals surface area contributed by atoms with Gasteiger partial charge < -0.3 is 29.6 Å². The van der Waals surface area contributed by atoms with E-state index in [1.54, 1.807) is 0 Å². The predicted molar refractivity (Wildman–Crippen MR) is 89.9 cm³/mol. The molecule has 0 fully saturated rings. The number of hydrogen-bond acceptors (Lipinski definition) is 6. The molecular formula is C16H32N2O6. The van der Waals surface area contributed by atoms with Crippen LogP contribution in [0.1, 0.15) is 26.7 Å². The van der Waals surface area contributed by atoms with Crippen molar-refractivity contribution in [3.05, 3.63) is 0 Å². The molecule has 0 rings (SSSR count). The molecule has 0 aromatic heterocycles. The third kappa shape index (κ3) is 17.1. The van der Waals surface area contributed by atoms with Gasteiger partial charge in [0.15, 0.2) is 0 Å². The van der Waals surface area contributed by atoms with Crippen molar-refractivity contribution in [1.82, 2.24) is 10.6 Å². The lowest BCUT2D eigenvalue weighted by molar-refractivity contribution is -0.129. The summed E-state index contributed by atoms with van der Waals surface area (Å²) in [6.45, 7) is 7.90. The summed E-state index contributed by atoms with van der Waals surface area (Å²) in [4.78, 5) is 22.7. The fourth-order valence-electron chi connectivity index (χ4n) is 1.54. The molecule has 142 valence electrons. The SMILES string of the molecule is CCCNC(=O)COCCOCC(=O)NCCOCCOCCC. The predicted octanol–water partition coefficient (Wildman–Crippen LogP) is 0.105. The van der Waals surface area contributed by atoms with E-state index in [2.05, 4.69) is 17.6 Å². The molecule has 0 aliphatic rings. The van der Waals surface area contributed by atoms with Crippen LogP contribution in [0.5, 0.6) is 0 Å². The van der Waals surface area contributed by atoms with Gasteiger partial charge in [0.2, 0.25) is 11.8 Å². The zero-order chi connectivity index (χ0) is 17.9. The highest BCUT2D eigenvalue weighted by atomic mass is 16.5. The number of ether oxygens (including phenoxy) is 4. The first-order chi connectivity index (χ1) is 11.7. The smallest absolute Gasteiger partial charge is 0.246 e. The Morgan fingerprint density at radius 1 is 0.625 bits per heavy atom. The number of carbonyl (C=O) groups is 2. The van der Waals surface area contributed by atoms with Crippen LogP contribution < -0.4 is 10.6 Å². The van der Waals surface area contributed by atoms with Gasteiger partial charge in [0.25, 0.3) is 0 Å². The van der Waals surface area contributed by atoms with Gasteiger partial charge in [-0.1, -0.05) is 13.8 Å². The molecule has 0 saturated carbocycles. The van der Waals surface area contributed by atoms with Crippen molar-refractivity contribution in [2.45, 2.75) is 26.7 Å². The molecule has 0 bridgehead atoms. The van der Waals surface area contributed by atoms with Crippen LogP contribution in [-0.2, 0) is 28.5 Å². The van der Waals surface area contributed by atoms with Gasteiger partial charge >= 0.3 is 0 Å². The minimum atomic E-state index is -0.207. The molecule has 8 heteroatoms. The van der Waals surface area contributed by atoms with E-state index in [9.17, 15) is 9.59 Å². The number of amides is 2. The van der Waals surface area contributed by atoms with Crippen LogP contribution >= 0.6 is 0 Å². The van der Waals surface area contributed by atoms with Gasteiger partial charge in [0.05, 0.1) is 33.0 Å². The zero-order valence-corrected chi connectivity index (χ0v) is 14.9. The summed E-state index contributed by atoms with van der Waals surface area (Å²) in [5, 5.41) is 5.38. The Hall–Kier alpha value is -1.22. The maximum absolute atomic E-state index is 11.5. The Kier molecular flexibility index (Phi) is 17.2. The van der Waals surface area contributed by atoms with Crippen LogP contribution in [0.25, 0.3) is 0 Å². The third-order valence-corrected chi connectivity index (χ3v) is 2.70. The number of rotatable bonds is 17. The summed E-state index contributed by atoms with van der Waals surface area (Å²) in [7, 11) is 0. The Morgan fingerprint density at radius 3 is 1.67 bits per heavy atom. The molecule has 2 N–H and O–H groups in total. The molecule has 24 heavy (non-hydrogen) atoms. The van der Waals surface area contributed by atoms with E-state index >= 15 is 0 Å². The van der Waals surface area contributed by atoms with Gasteiger partial charge in [-0.25, -0.2) is 0 Å². The summed E-state index contributed by atoms with van der Waals surface area (Å²) in [5.74, 6) is -0.351. The number of nitrogens with one attached hydrogen (secondary N) is 2. The molecule has 0 spiro atoms. The first-order valence-electron chi connectivity index (χ1n) is 8.55. The first kappa shape index (κ1) is 22.8. The standard InChI is InChI=1S/C16H32N2O6/c1-3-5-17-15(19)13-23-11-12-24-14-16(20)18-6-8-22-10-9-21-7-4-2/h3-14H2,1-2H3,(H,17,19)(H,18,20). The molecule has 0 unspecified atom stereocenters. The highest BCUT2D eigenvalue weighted by Crippen LogP contribution is 1.83. The monoisotopic (exact) mass is 348 g/mol. The Labute approximate surface area is 144 Å². The maximum Gasteiger partial charge on any atom is 0.246 e. The summed E-state index contributed by atoms with van der Waals surface area (Å²) < 4.78 is 20.8. The Morgan fingerprint density at radius 2 is 1.12 bits per heavy atom. The lowest BCUT2D eigenvalue weighted by Crippen LogP contribution is -2.31. The number of hydrogen-bond donors (Lipinski definition) is 2. The molecule has 0 atom stereocenters. The molecule has 8 nitrogen and oxygen atoms in total. The molecule has 0 aliphatic carbocycles. The third-order valence-electron chi connectivity index (χ3n) is 2.70. The van der Waals surface area contributed by atoms with Crippen molar-refractivity contribution in [2.75, 3.05) is 65.9 Å². The molecule has 0 saturated heterocycles. The van der Waals surface area contributed by atoms with E-state index in [4.69, 9.17) is 18.9 Å². The van der Waals surface area contributed by atoms with Crippen LogP contribution in [0.2, 0.25) is 0 Å². The van der Waals surface area contributed by atoms with E-state index in [0.717, 1.165) is 19.4 Å². The van der Waals surface area contributed by atoms with Crippen molar-refractivity contribution in [2.24, 2.45) is 0 Å². The van der Waals surface area contributed by atoms with Crippen molar-refractivity contribution < 1.29 is 28.5 Å². The quantitative estimate of drug-likeness (QED) is 0.362. The topological polar surface area (TPSA) is 95.1 Å². The summed E-state index contributed by atoms with van der Waals surface area (Å²) in [6, 6.07) is 0. The maximum atomic E-state index is 11.5. The lowest BCUT2D eigenvalue weighted by atomic mass is 10.5. The summed E-state index contributed by atoms with van der Waals surface area (Å²) in [5.41, 5.74) is 0. The average molecular weight is 348 g/mol. The highest BCUT2D eigenvalue weighted by molar-refractivity contribution is 5.77. The van der Waals surface area contributed by atoms with Gasteiger partial charge in [0.1, 0.15) is 13.2 Å². The molecule has 0 heterocycles. The molecule has 0 aliphatic heterocycles. The van der Waals surface area contributed by atoms with E-state index in [-0.39, 0.29) is 38.2 Å². The van der Waals surface area contributed by atoms with Gasteiger partial charge in [-0.05, 0) is 12.8 Å². The minimum absolute atomic E-state index is 0.00880. The van der Waals surface area contributed by atoms with E-state index < -0.39 is 0 Å². The largest absolute Gasteiger partial charge is 0.379 e. The molecular weight excluding hydrogens is 316 g/mol. The van der Waals surface area contributed by atoms with Crippen molar-refractivity contribution in [3.63, 3.8) is 0 Å². The van der Waals surface area contributed by atoms with Gasteiger partial charge in [0, 0.05) is 19.7 Å². The van der Waals surface area contributed by atoms with E-state index in [1.807, 2.05) is 6.92 Å². The van der Waals surface area contributed by atoms with E-state index in [1.165, 1.54) is 0 Å². The van der Waals surface area contributed by atoms with Gasteiger partial charge in [-0.3, -0.25) is 9.59 Å². The molecule has 0 aromatic rings. The zero-order valence-electron chi connectivity index (χ0n) is 14.9. The molecule has 0 radical (unpaired) electrons. The van der Waals surface area contributed by atoms with Crippen LogP contribution in [0.4, 0.5) is 0 Å². The minimum Gasteiger partial charge on any atom is -0.379 e. The normalized spacial score (nSPS) is 10.6. The Bertz CT molecular complexity index is 315. The molecule has 2 amide bonds. The van der Waals surface area contributed by atoms with Crippen LogP contribution in [0.3, 0.4) is 0 Å².